The normalized spacial score (nSPS) is 12.3. The van der Waals surface area contributed by atoms with Crippen molar-refractivity contribution in [3.05, 3.63) is 53.7 Å². The van der Waals surface area contributed by atoms with Crippen molar-refractivity contribution in [1.82, 2.24) is 20.4 Å². The Morgan fingerprint density at radius 3 is 2.29 bits per heavy atom. The van der Waals surface area contributed by atoms with Crippen LogP contribution in [-0.2, 0) is 0 Å². The molecule has 0 aliphatic heterocycles. The third-order valence-electron chi connectivity index (χ3n) is 3.27. The number of nitrogens with one attached hydrogen (secondary N) is 2. The Morgan fingerprint density at radius 1 is 0.857 bits per heavy atom. The van der Waals surface area contributed by atoms with Gasteiger partial charge in [0.1, 0.15) is 5.39 Å². The molecule has 4 rings (SSSR count). The summed E-state index contributed by atoms with van der Waals surface area (Å²) in [6.07, 6.45) is 0. The monoisotopic (exact) mass is 278 g/mol. The predicted octanol–water partition coefficient (Wildman–Crippen LogP) is 3.36. The highest BCUT2D eigenvalue weighted by Gasteiger charge is 2.15. The van der Waals surface area contributed by atoms with E-state index in [2.05, 4.69) is 25.5 Å². The van der Waals surface area contributed by atoms with E-state index in [4.69, 9.17) is 0 Å². The molecule has 2 aromatic heterocycles. The zero-order valence-corrected chi connectivity index (χ0v) is 10.8. The Bertz CT molecular complexity index is 968. The lowest BCUT2D eigenvalue weighted by molar-refractivity contribution is -0.438. The van der Waals surface area contributed by atoms with Crippen LogP contribution < -0.4 is 0 Å². The van der Waals surface area contributed by atoms with Crippen molar-refractivity contribution in [3.63, 3.8) is 0 Å². The molecule has 4 aromatic rings. The van der Waals surface area contributed by atoms with Crippen LogP contribution in [0.2, 0.25) is 0 Å². The SMILES string of the molecule is [O-][N+](=Nc1n[nH]c2ccccc12)c1n[nH]c2ccccc12. The van der Waals surface area contributed by atoms with Gasteiger partial charge in [-0.2, -0.15) is 10.2 Å². The maximum absolute atomic E-state index is 12.2. The van der Waals surface area contributed by atoms with Crippen LogP contribution in [0.3, 0.4) is 0 Å². The molecule has 21 heavy (non-hydrogen) atoms. The number of rotatable bonds is 2. The standard InChI is InChI=1S/C14H10N6O/c21-20(14-10-6-2-4-8-12(10)16-18-14)19-13-9-5-1-3-7-11(9)15-17-13/h1-8H,(H,15,17)(H,16,18). The van der Waals surface area contributed by atoms with Crippen molar-refractivity contribution >= 4 is 33.4 Å². The predicted molar refractivity (Wildman–Crippen MR) is 77.6 cm³/mol. The van der Waals surface area contributed by atoms with E-state index in [1.165, 1.54) is 0 Å². The molecule has 0 radical (unpaired) electrons. The molecular formula is C14H10N6O. The van der Waals surface area contributed by atoms with Crippen molar-refractivity contribution in [1.29, 1.82) is 0 Å². The van der Waals surface area contributed by atoms with Crippen LogP contribution in [0.4, 0.5) is 11.6 Å². The van der Waals surface area contributed by atoms with Gasteiger partial charge in [-0.3, -0.25) is 5.10 Å². The Kier molecular flexibility index (Phi) is 2.43. The van der Waals surface area contributed by atoms with Gasteiger partial charge in [0.25, 0.3) is 0 Å². The number of hydrogen-bond donors (Lipinski definition) is 2. The number of hydrogen-bond acceptors (Lipinski definition) is 4. The van der Waals surface area contributed by atoms with E-state index in [-0.39, 0.29) is 5.82 Å². The highest BCUT2D eigenvalue weighted by molar-refractivity contribution is 5.88. The molecule has 0 spiro atoms. The molecule has 0 aliphatic carbocycles. The van der Waals surface area contributed by atoms with E-state index >= 15 is 0 Å². The Morgan fingerprint density at radius 2 is 1.48 bits per heavy atom. The van der Waals surface area contributed by atoms with Gasteiger partial charge < -0.3 is 5.21 Å². The van der Waals surface area contributed by atoms with Crippen LogP contribution in [0.5, 0.6) is 0 Å². The highest BCUT2D eigenvalue weighted by atomic mass is 16.5. The van der Waals surface area contributed by atoms with Crippen molar-refractivity contribution < 1.29 is 4.86 Å². The molecule has 2 N–H and O–H groups in total. The van der Waals surface area contributed by atoms with E-state index < -0.39 is 0 Å². The zero-order chi connectivity index (χ0) is 14.2. The van der Waals surface area contributed by atoms with Crippen LogP contribution in [0.15, 0.2) is 53.6 Å². The first-order valence-electron chi connectivity index (χ1n) is 6.38. The van der Waals surface area contributed by atoms with E-state index in [0.717, 1.165) is 21.8 Å². The number of aromatic nitrogens is 4. The molecule has 102 valence electrons. The summed E-state index contributed by atoms with van der Waals surface area (Å²) in [5.41, 5.74) is 1.62. The zero-order valence-electron chi connectivity index (χ0n) is 10.8. The van der Waals surface area contributed by atoms with Gasteiger partial charge in [-0.05, 0) is 24.3 Å². The van der Waals surface area contributed by atoms with Crippen LogP contribution in [-0.4, -0.2) is 25.3 Å². The van der Waals surface area contributed by atoms with Crippen LogP contribution in [0, 0.1) is 5.21 Å². The largest absolute Gasteiger partial charge is 0.690 e. The van der Waals surface area contributed by atoms with E-state index in [1.807, 2.05) is 48.5 Å². The van der Waals surface area contributed by atoms with E-state index in [9.17, 15) is 5.21 Å². The molecule has 7 heteroatoms. The molecule has 0 unspecified atom stereocenters. The molecule has 0 fully saturated rings. The summed E-state index contributed by atoms with van der Waals surface area (Å²) in [6.45, 7) is 0. The molecule has 0 amide bonds. The van der Waals surface area contributed by atoms with Gasteiger partial charge in [0.2, 0.25) is 5.82 Å². The number of benzene rings is 2. The number of fused-ring (bicyclic) bond motifs is 2. The number of aromatic amines is 2. The van der Waals surface area contributed by atoms with Crippen molar-refractivity contribution in [2.24, 2.45) is 5.11 Å². The fourth-order valence-corrected chi connectivity index (χ4v) is 2.25. The van der Waals surface area contributed by atoms with Crippen molar-refractivity contribution in [2.75, 3.05) is 0 Å². The average molecular weight is 278 g/mol. The number of nitrogens with zero attached hydrogens (tertiary/aromatic N) is 4. The minimum atomic E-state index is 0.220. The summed E-state index contributed by atoms with van der Waals surface area (Å²) in [5.74, 6) is 0.561. The van der Waals surface area contributed by atoms with Crippen LogP contribution in [0.1, 0.15) is 0 Å². The first kappa shape index (κ1) is 11.6. The lowest BCUT2D eigenvalue weighted by atomic mass is 10.2. The molecule has 7 nitrogen and oxygen atoms in total. The van der Waals surface area contributed by atoms with Crippen molar-refractivity contribution in [2.45, 2.75) is 0 Å². The average Bonchev–Trinajstić information content (AvgIpc) is 3.12. The lowest BCUT2D eigenvalue weighted by Gasteiger charge is -1.99. The summed E-state index contributed by atoms with van der Waals surface area (Å²) in [5, 5.41) is 31.5. The first-order chi connectivity index (χ1) is 10.3. The Labute approximate surface area is 118 Å². The molecule has 2 aromatic carbocycles. The topological polar surface area (TPSA) is 95.8 Å². The molecule has 0 bridgehead atoms. The Balaban J connectivity index is 1.85. The fourth-order valence-electron chi connectivity index (χ4n) is 2.25. The maximum Gasteiger partial charge on any atom is 0.381 e. The highest BCUT2D eigenvalue weighted by Crippen LogP contribution is 2.26. The summed E-state index contributed by atoms with van der Waals surface area (Å²) < 4.78 is 0. The van der Waals surface area contributed by atoms with Crippen LogP contribution >= 0.6 is 0 Å². The van der Waals surface area contributed by atoms with Gasteiger partial charge in [0.05, 0.1) is 16.1 Å². The second-order valence-electron chi connectivity index (χ2n) is 4.56. The van der Waals surface area contributed by atoms with Gasteiger partial charge in [-0.25, -0.2) is 0 Å². The van der Waals surface area contributed by atoms with Gasteiger partial charge in [0, 0.05) is 5.39 Å². The summed E-state index contributed by atoms with van der Waals surface area (Å²) >= 11 is 0. The molecule has 0 saturated carbocycles. The molecular weight excluding hydrogens is 268 g/mol. The minimum absolute atomic E-state index is 0.220. The molecule has 0 aliphatic rings. The number of H-pyrrole nitrogens is 2. The summed E-state index contributed by atoms with van der Waals surface area (Å²) in [7, 11) is 0. The summed E-state index contributed by atoms with van der Waals surface area (Å²) in [4.78, 5) is 0.488. The third-order valence-corrected chi connectivity index (χ3v) is 3.27. The molecule has 0 atom stereocenters. The lowest BCUT2D eigenvalue weighted by Crippen LogP contribution is -1.91. The third kappa shape index (κ3) is 1.83. The smallest absolute Gasteiger partial charge is 0.381 e. The van der Waals surface area contributed by atoms with Crippen LogP contribution in [0.25, 0.3) is 21.8 Å². The van der Waals surface area contributed by atoms with Gasteiger partial charge in [-0.15, -0.1) is 4.86 Å². The summed E-state index contributed by atoms with van der Waals surface area (Å²) in [6, 6.07) is 14.9. The first-order valence-corrected chi connectivity index (χ1v) is 6.38. The van der Waals surface area contributed by atoms with E-state index in [0.29, 0.717) is 10.7 Å². The second-order valence-corrected chi connectivity index (χ2v) is 4.56. The minimum Gasteiger partial charge on any atom is -0.690 e. The molecule has 0 saturated heterocycles. The number of azo groups is 1. The second kappa shape index (κ2) is 4.41. The number of para-hydroxylation sites is 2. The van der Waals surface area contributed by atoms with Crippen molar-refractivity contribution in [3.8, 4) is 0 Å². The Hall–Kier alpha value is -3.22. The van der Waals surface area contributed by atoms with Gasteiger partial charge in [-0.1, -0.05) is 29.4 Å². The fraction of sp³-hybridized carbons (Fsp3) is 0. The quantitative estimate of drug-likeness (QED) is 0.334. The van der Waals surface area contributed by atoms with E-state index in [1.54, 1.807) is 0 Å². The van der Waals surface area contributed by atoms with Gasteiger partial charge in [0.15, 0.2) is 0 Å². The molecule has 2 heterocycles. The van der Waals surface area contributed by atoms with Gasteiger partial charge >= 0.3 is 5.82 Å². The maximum atomic E-state index is 12.2.